The zero-order valence-corrected chi connectivity index (χ0v) is 13.0. The van der Waals surface area contributed by atoms with Gasteiger partial charge in [0.05, 0.1) is 7.11 Å². The number of carbonyl (C=O) groups is 1. The van der Waals surface area contributed by atoms with E-state index in [1.165, 1.54) is 0 Å². The molecule has 23 heavy (non-hydrogen) atoms. The highest BCUT2D eigenvalue weighted by atomic mass is 16.6. The van der Waals surface area contributed by atoms with Gasteiger partial charge in [0.25, 0.3) is 5.91 Å². The predicted molar refractivity (Wildman–Crippen MR) is 83.6 cm³/mol. The lowest BCUT2D eigenvalue weighted by Gasteiger charge is -2.31. The fraction of sp³-hybridized carbons (Fsp3) is 0.294. The summed E-state index contributed by atoms with van der Waals surface area (Å²) in [4.78, 5) is 16.5. The maximum atomic E-state index is 12.4. The Labute approximate surface area is 134 Å². The smallest absolute Gasteiger partial charge is 0.265 e. The van der Waals surface area contributed by atoms with Crippen LogP contribution < -0.4 is 19.5 Å². The summed E-state index contributed by atoms with van der Waals surface area (Å²) in [7, 11) is 1.56. The van der Waals surface area contributed by atoms with Crippen molar-refractivity contribution in [3.05, 3.63) is 48.2 Å². The van der Waals surface area contributed by atoms with Crippen LogP contribution in [0.25, 0.3) is 0 Å². The molecule has 1 aromatic heterocycles. The maximum absolute atomic E-state index is 12.4. The molecule has 0 saturated heterocycles. The average molecular weight is 314 g/mol. The number of fused-ring (bicyclic) bond motifs is 1. The quantitative estimate of drug-likeness (QED) is 0.934. The lowest BCUT2D eigenvalue weighted by Crippen LogP contribution is -2.48. The Hall–Kier alpha value is -2.76. The molecule has 120 valence electrons. The van der Waals surface area contributed by atoms with E-state index in [0.29, 0.717) is 23.9 Å². The summed E-state index contributed by atoms with van der Waals surface area (Å²) >= 11 is 0. The molecule has 0 bridgehead atoms. The Morgan fingerprint density at radius 2 is 1.96 bits per heavy atom. The number of nitrogens with zero attached hydrogens (tertiary/aromatic N) is 1. The summed E-state index contributed by atoms with van der Waals surface area (Å²) in [6, 6.07) is 10.9. The lowest BCUT2D eigenvalue weighted by atomic mass is 10.1. The SMILES string of the molecule is COc1ccc(CNC(=O)[C@H]2Oc3ccccc3O[C@@H]2C)cn1. The Balaban J connectivity index is 1.61. The van der Waals surface area contributed by atoms with E-state index in [0.717, 1.165) is 5.56 Å². The van der Waals surface area contributed by atoms with E-state index in [4.69, 9.17) is 14.2 Å². The predicted octanol–water partition coefficient (Wildman–Crippen LogP) is 1.93. The number of carbonyl (C=O) groups excluding carboxylic acids is 1. The molecule has 0 fully saturated rings. The zero-order chi connectivity index (χ0) is 16.2. The van der Waals surface area contributed by atoms with Crippen molar-refractivity contribution in [2.75, 3.05) is 7.11 Å². The first-order chi connectivity index (χ1) is 11.2. The minimum Gasteiger partial charge on any atom is -0.482 e. The summed E-state index contributed by atoms with van der Waals surface area (Å²) in [6.07, 6.45) is 0.616. The van der Waals surface area contributed by atoms with E-state index >= 15 is 0 Å². The molecule has 6 nitrogen and oxygen atoms in total. The molecule has 2 aromatic rings. The summed E-state index contributed by atoms with van der Waals surface area (Å²) in [6.45, 7) is 2.18. The molecule has 1 amide bonds. The van der Waals surface area contributed by atoms with Crippen molar-refractivity contribution in [1.82, 2.24) is 10.3 Å². The molecule has 0 radical (unpaired) electrons. The first kappa shape index (κ1) is 15.1. The number of ether oxygens (including phenoxy) is 3. The Kier molecular flexibility index (Phi) is 4.32. The lowest BCUT2D eigenvalue weighted by molar-refractivity contribution is -0.133. The molecule has 6 heteroatoms. The van der Waals surface area contributed by atoms with Crippen LogP contribution in [-0.4, -0.2) is 30.2 Å². The minimum atomic E-state index is -0.684. The van der Waals surface area contributed by atoms with E-state index in [1.807, 2.05) is 31.2 Å². The largest absolute Gasteiger partial charge is 0.482 e. The van der Waals surface area contributed by atoms with E-state index < -0.39 is 6.10 Å². The molecule has 0 aliphatic carbocycles. The molecule has 0 unspecified atom stereocenters. The van der Waals surface area contributed by atoms with E-state index in [9.17, 15) is 4.79 Å². The second-order valence-electron chi connectivity index (χ2n) is 5.23. The van der Waals surface area contributed by atoms with Crippen molar-refractivity contribution in [2.45, 2.75) is 25.7 Å². The second-order valence-corrected chi connectivity index (χ2v) is 5.23. The number of nitrogens with one attached hydrogen (secondary N) is 1. The van der Waals surface area contributed by atoms with Crippen molar-refractivity contribution in [1.29, 1.82) is 0 Å². The first-order valence-electron chi connectivity index (χ1n) is 7.36. The van der Waals surface area contributed by atoms with Gasteiger partial charge in [-0.3, -0.25) is 4.79 Å². The molecule has 0 saturated carbocycles. The van der Waals surface area contributed by atoms with Gasteiger partial charge in [-0.2, -0.15) is 0 Å². The standard InChI is InChI=1S/C17H18N2O4/c1-11-16(23-14-6-4-3-5-13(14)22-11)17(20)19-10-12-7-8-15(21-2)18-9-12/h3-9,11,16H,10H2,1-2H3,(H,19,20)/t11-,16+/m1/s1. The monoisotopic (exact) mass is 314 g/mol. The van der Waals surface area contributed by atoms with Crippen LogP contribution in [0.15, 0.2) is 42.6 Å². The summed E-state index contributed by atoms with van der Waals surface area (Å²) in [5, 5.41) is 2.84. The number of benzene rings is 1. The fourth-order valence-corrected chi connectivity index (χ4v) is 2.33. The molecule has 1 aromatic carbocycles. The third-order valence-electron chi connectivity index (χ3n) is 3.57. The molecular weight excluding hydrogens is 296 g/mol. The van der Waals surface area contributed by atoms with Crippen LogP contribution in [0.3, 0.4) is 0 Å². The van der Waals surface area contributed by atoms with Crippen LogP contribution >= 0.6 is 0 Å². The fourth-order valence-electron chi connectivity index (χ4n) is 2.33. The molecular formula is C17H18N2O4. The molecule has 2 atom stereocenters. The number of amides is 1. The molecule has 1 N–H and O–H groups in total. The number of hydrogen-bond acceptors (Lipinski definition) is 5. The minimum absolute atomic E-state index is 0.220. The van der Waals surface area contributed by atoms with Gasteiger partial charge in [0, 0.05) is 18.8 Å². The molecule has 3 rings (SSSR count). The Morgan fingerprint density at radius 1 is 1.22 bits per heavy atom. The van der Waals surface area contributed by atoms with Gasteiger partial charge in [-0.05, 0) is 24.6 Å². The van der Waals surface area contributed by atoms with Gasteiger partial charge in [0.1, 0.15) is 6.10 Å². The Bertz CT molecular complexity index is 687. The van der Waals surface area contributed by atoms with E-state index in [1.54, 1.807) is 25.4 Å². The van der Waals surface area contributed by atoms with Crippen molar-refractivity contribution in [2.24, 2.45) is 0 Å². The molecule has 0 spiro atoms. The topological polar surface area (TPSA) is 69.7 Å². The third-order valence-corrected chi connectivity index (χ3v) is 3.57. The number of hydrogen-bond donors (Lipinski definition) is 1. The number of pyridine rings is 1. The van der Waals surface area contributed by atoms with Crippen molar-refractivity contribution < 1.29 is 19.0 Å². The highest BCUT2D eigenvalue weighted by Gasteiger charge is 2.33. The average Bonchev–Trinajstić information content (AvgIpc) is 2.59. The van der Waals surface area contributed by atoms with Crippen molar-refractivity contribution >= 4 is 5.91 Å². The van der Waals surface area contributed by atoms with Crippen molar-refractivity contribution in [3.8, 4) is 17.4 Å². The highest BCUT2D eigenvalue weighted by molar-refractivity contribution is 5.82. The number of para-hydroxylation sites is 2. The van der Waals surface area contributed by atoms with Crippen LogP contribution in [0, 0.1) is 0 Å². The highest BCUT2D eigenvalue weighted by Crippen LogP contribution is 2.33. The summed E-state index contributed by atoms with van der Waals surface area (Å²) in [5.41, 5.74) is 0.879. The number of aromatic nitrogens is 1. The van der Waals surface area contributed by atoms with Crippen LogP contribution in [-0.2, 0) is 11.3 Å². The number of rotatable bonds is 4. The van der Waals surface area contributed by atoms with Crippen LogP contribution in [0.1, 0.15) is 12.5 Å². The zero-order valence-electron chi connectivity index (χ0n) is 13.0. The normalized spacial score (nSPS) is 19.0. The third kappa shape index (κ3) is 3.36. The molecule has 2 heterocycles. The van der Waals surface area contributed by atoms with E-state index in [-0.39, 0.29) is 12.0 Å². The number of methoxy groups -OCH3 is 1. The van der Waals surface area contributed by atoms with E-state index in [2.05, 4.69) is 10.3 Å². The van der Waals surface area contributed by atoms with Gasteiger partial charge < -0.3 is 19.5 Å². The van der Waals surface area contributed by atoms with Gasteiger partial charge in [0.2, 0.25) is 12.0 Å². The Morgan fingerprint density at radius 3 is 2.61 bits per heavy atom. The first-order valence-corrected chi connectivity index (χ1v) is 7.36. The van der Waals surface area contributed by atoms with Gasteiger partial charge >= 0.3 is 0 Å². The van der Waals surface area contributed by atoms with Crippen molar-refractivity contribution in [3.63, 3.8) is 0 Å². The van der Waals surface area contributed by atoms with Crippen LogP contribution in [0.2, 0.25) is 0 Å². The summed E-state index contributed by atoms with van der Waals surface area (Å²) < 4.78 is 16.5. The van der Waals surface area contributed by atoms with Crippen LogP contribution in [0.5, 0.6) is 17.4 Å². The summed E-state index contributed by atoms with van der Waals surface area (Å²) in [5.74, 6) is 1.55. The van der Waals surface area contributed by atoms with Gasteiger partial charge in [-0.1, -0.05) is 18.2 Å². The van der Waals surface area contributed by atoms with Gasteiger partial charge in [-0.15, -0.1) is 0 Å². The molecule has 1 aliphatic rings. The molecule has 1 aliphatic heterocycles. The van der Waals surface area contributed by atoms with Crippen LogP contribution in [0.4, 0.5) is 0 Å². The maximum Gasteiger partial charge on any atom is 0.265 e. The van der Waals surface area contributed by atoms with Gasteiger partial charge in [0.15, 0.2) is 11.5 Å². The van der Waals surface area contributed by atoms with Gasteiger partial charge in [-0.25, -0.2) is 4.98 Å². The second kappa shape index (κ2) is 6.56.